The summed E-state index contributed by atoms with van der Waals surface area (Å²) in [5, 5.41) is 10.1. The molecule has 122 valence electrons. The number of likely N-dealkylation sites (tertiary alicyclic amines) is 1. The third-order valence-corrected chi connectivity index (χ3v) is 4.27. The molecule has 5 nitrogen and oxygen atoms in total. The maximum absolute atomic E-state index is 10.1. The Morgan fingerprint density at radius 3 is 2.77 bits per heavy atom. The molecule has 2 atom stereocenters. The summed E-state index contributed by atoms with van der Waals surface area (Å²) in [4.78, 5) is 1.49. The summed E-state index contributed by atoms with van der Waals surface area (Å²) in [6.45, 7) is 4.43. The number of aliphatic hydroxyl groups excluding tert-OH is 1. The molecule has 0 amide bonds. The Hall–Kier alpha value is -1.30. The van der Waals surface area contributed by atoms with E-state index in [0.29, 0.717) is 19.8 Å². The third-order valence-electron chi connectivity index (χ3n) is 4.27. The molecular weight excluding hydrogens is 282 g/mol. The van der Waals surface area contributed by atoms with E-state index >= 15 is 0 Å². The number of rotatable bonds is 6. The Kier molecular flexibility index (Phi) is 5.53. The minimum atomic E-state index is -0.398. The van der Waals surface area contributed by atoms with Crippen molar-refractivity contribution < 1.29 is 24.2 Å². The van der Waals surface area contributed by atoms with Gasteiger partial charge < -0.3 is 24.2 Å². The molecule has 5 heteroatoms. The van der Waals surface area contributed by atoms with E-state index in [9.17, 15) is 5.11 Å². The molecule has 3 rings (SSSR count). The Morgan fingerprint density at radius 1 is 1.18 bits per heavy atom. The third kappa shape index (κ3) is 4.35. The minimum Gasteiger partial charge on any atom is -0.486 e. The van der Waals surface area contributed by atoms with Gasteiger partial charge in [-0.3, -0.25) is 0 Å². The van der Waals surface area contributed by atoms with Crippen LogP contribution in [0.2, 0.25) is 0 Å². The highest BCUT2D eigenvalue weighted by Gasteiger charge is 2.22. The van der Waals surface area contributed by atoms with Gasteiger partial charge in [0.2, 0.25) is 0 Å². The van der Waals surface area contributed by atoms with Crippen molar-refractivity contribution >= 4 is 0 Å². The van der Waals surface area contributed by atoms with Gasteiger partial charge in [-0.15, -0.1) is 0 Å². The number of ether oxygens (including phenoxy) is 3. The molecule has 22 heavy (non-hydrogen) atoms. The van der Waals surface area contributed by atoms with Gasteiger partial charge in [-0.1, -0.05) is 12.1 Å². The highest BCUT2D eigenvalue weighted by Crippen LogP contribution is 2.30. The molecule has 0 radical (unpaired) electrons. The van der Waals surface area contributed by atoms with Gasteiger partial charge in [0, 0.05) is 0 Å². The molecule has 0 unspecified atom stereocenters. The summed E-state index contributed by atoms with van der Waals surface area (Å²) in [6.07, 6.45) is 3.37. The topological polar surface area (TPSA) is 52.4 Å². The highest BCUT2D eigenvalue weighted by atomic mass is 16.6. The lowest BCUT2D eigenvalue weighted by Crippen LogP contribution is -3.14. The fourth-order valence-corrected chi connectivity index (χ4v) is 3.13. The SMILES string of the molecule is O[C@H](COC[C@@H]1COc2ccccc2O1)C[NH+]1CCCCC1. The van der Waals surface area contributed by atoms with Crippen LogP contribution in [0.4, 0.5) is 0 Å². The predicted octanol–water partition coefficient (Wildman–Crippen LogP) is 0.273. The summed E-state index contributed by atoms with van der Waals surface area (Å²) < 4.78 is 17.1. The summed E-state index contributed by atoms with van der Waals surface area (Å²) in [6, 6.07) is 7.66. The van der Waals surface area contributed by atoms with E-state index < -0.39 is 6.10 Å². The molecule has 2 aliphatic heterocycles. The van der Waals surface area contributed by atoms with Crippen molar-refractivity contribution in [1.29, 1.82) is 0 Å². The molecule has 0 spiro atoms. The van der Waals surface area contributed by atoms with Crippen molar-refractivity contribution in [1.82, 2.24) is 0 Å². The van der Waals surface area contributed by atoms with Crippen molar-refractivity contribution in [2.75, 3.05) is 39.5 Å². The van der Waals surface area contributed by atoms with E-state index in [2.05, 4.69) is 0 Å². The lowest BCUT2D eigenvalue weighted by atomic mass is 10.1. The van der Waals surface area contributed by atoms with E-state index in [-0.39, 0.29) is 6.10 Å². The first-order valence-electron chi connectivity index (χ1n) is 8.29. The first kappa shape index (κ1) is 15.6. The number of quaternary nitrogens is 1. The zero-order valence-corrected chi connectivity index (χ0v) is 13.0. The smallest absolute Gasteiger partial charge is 0.161 e. The Morgan fingerprint density at radius 2 is 1.95 bits per heavy atom. The molecule has 0 aliphatic carbocycles. The number of fused-ring (bicyclic) bond motifs is 1. The lowest BCUT2D eigenvalue weighted by Gasteiger charge is -2.27. The molecule has 1 aromatic carbocycles. The van der Waals surface area contributed by atoms with E-state index in [1.165, 1.54) is 37.3 Å². The molecule has 2 N–H and O–H groups in total. The second kappa shape index (κ2) is 7.81. The van der Waals surface area contributed by atoms with Crippen molar-refractivity contribution in [3.63, 3.8) is 0 Å². The number of hydrogen-bond donors (Lipinski definition) is 2. The van der Waals surface area contributed by atoms with Gasteiger partial charge in [0.05, 0.1) is 26.3 Å². The number of benzene rings is 1. The first-order valence-corrected chi connectivity index (χ1v) is 8.29. The van der Waals surface area contributed by atoms with Gasteiger partial charge in [0.1, 0.15) is 19.3 Å². The number of piperidine rings is 1. The zero-order valence-electron chi connectivity index (χ0n) is 13.0. The summed E-state index contributed by atoms with van der Waals surface area (Å²) in [7, 11) is 0. The van der Waals surface area contributed by atoms with Crippen LogP contribution in [0, 0.1) is 0 Å². The van der Waals surface area contributed by atoms with Gasteiger partial charge in [-0.2, -0.15) is 0 Å². The second-order valence-electron chi connectivity index (χ2n) is 6.20. The van der Waals surface area contributed by atoms with Crippen LogP contribution in [0.3, 0.4) is 0 Å². The second-order valence-corrected chi connectivity index (χ2v) is 6.20. The Bertz CT molecular complexity index is 462. The van der Waals surface area contributed by atoms with E-state index in [1.807, 2.05) is 24.3 Å². The van der Waals surface area contributed by atoms with Gasteiger partial charge in [0.15, 0.2) is 17.6 Å². The average molecular weight is 308 g/mol. The van der Waals surface area contributed by atoms with Crippen LogP contribution in [0.1, 0.15) is 19.3 Å². The molecular formula is C17H26NO4+. The van der Waals surface area contributed by atoms with Crippen LogP contribution in [-0.2, 0) is 4.74 Å². The molecule has 2 aliphatic rings. The van der Waals surface area contributed by atoms with Crippen LogP contribution in [-0.4, -0.2) is 56.8 Å². The molecule has 1 saturated heterocycles. The van der Waals surface area contributed by atoms with Crippen LogP contribution in [0.5, 0.6) is 11.5 Å². The van der Waals surface area contributed by atoms with Gasteiger partial charge >= 0.3 is 0 Å². The van der Waals surface area contributed by atoms with E-state index in [1.54, 1.807) is 0 Å². The van der Waals surface area contributed by atoms with E-state index in [4.69, 9.17) is 14.2 Å². The van der Waals surface area contributed by atoms with Gasteiger partial charge in [-0.05, 0) is 31.4 Å². The largest absolute Gasteiger partial charge is 0.486 e. The first-order chi connectivity index (χ1) is 10.8. The Labute approximate surface area is 131 Å². The summed E-state index contributed by atoms with van der Waals surface area (Å²) in [5.41, 5.74) is 0. The minimum absolute atomic E-state index is 0.107. The fraction of sp³-hybridized carbons (Fsp3) is 0.647. The monoisotopic (exact) mass is 308 g/mol. The summed E-state index contributed by atoms with van der Waals surface area (Å²) >= 11 is 0. The molecule has 2 heterocycles. The summed E-state index contributed by atoms with van der Waals surface area (Å²) in [5.74, 6) is 1.55. The molecule has 0 saturated carbocycles. The lowest BCUT2D eigenvalue weighted by molar-refractivity contribution is -0.908. The molecule has 1 fully saturated rings. The van der Waals surface area contributed by atoms with Crippen molar-refractivity contribution in [2.45, 2.75) is 31.5 Å². The maximum Gasteiger partial charge on any atom is 0.161 e. The molecule has 0 aromatic heterocycles. The Balaban J connectivity index is 1.35. The molecule has 0 bridgehead atoms. The quantitative estimate of drug-likeness (QED) is 0.792. The number of hydrogen-bond acceptors (Lipinski definition) is 4. The van der Waals surface area contributed by atoms with Crippen LogP contribution >= 0.6 is 0 Å². The van der Waals surface area contributed by atoms with Gasteiger partial charge in [0.25, 0.3) is 0 Å². The number of aliphatic hydroxyl groups is 1. The zero-order chi connectivity index (χ0) is 15.2. The fourth-order valence-electron chi connectivity index (χ4n) is 3.13. The predicted molar refractivity (Wildman–Crippen MR) is 82.6 cm³/mol. The average Bonchev–Trinajstić information content (AvgIpc) is 2.55. The van der Waals surface area contributed by atoms with Crippen LogP contribution < -0.4 is 14.4 Å². The normalized spacial score (nSPS) is 23.2. The van der Waals surface area contributed by atoms with Gasteiger partial charge in [-0.25, -0.2) is 0 Å². The highest BCUT2D eigenvalue weighted by molar-refractivity contribution is 5.40. The number of nitrogens with one attached hydrogen (secondary N) is 1. The molecule has 1 aromatic rings. The van der Waals surface area contributed by atoms with E-state index in [0.717, 1.165) is 18.0 Å². The van der Waals surface area contributed by atoms with Crippen molar-refractivity contribution in [2.24, 2.45) is 0 Å². The standard InChI is InChI=1S/C17H25NO4/c19-14(10-18-8-4-1-5-9-18)11-20-12-15-13-21-16-6-2-3-7-17(16)22-15/h2-3,6-7,14-15,19H,1,4-5,8-13H2/p+1/t14-,15+/m0/s1. The maximum atomic E-state index is 10.1. The van der Waals surface area contributed by atoms with Crippen LogP contribution in [0.25, 0.3) is 0 Å². The van der Waals surface area contributed by atoms with Crippen molar-refractivity contribution in [3.8, 4) is 11.5 Å². The number of para-hydroxylation sites is 2. The van der Waals surface area contributed by atoms with Crippen LogP contribution in [0.15, 0.2) is 24.3 Å². The van der Waals surface area contributed by atoms with Crippen molar-refractivity contribution in [3.05, 3.63) is 24.3 Å².